The van der Waals surface area contributed by atoms with Crippen LogP contribution in [0.5, 0.6) is 11.5 Å². The number of aryl methyl sites for hydroxylation is 1. The van der Waals surface area contributed by atoms with Crippen LogP contribution in [0.3, 0.4) is 0 Å². The topological polar surface area (TPSA) is 121 Å². The first kappa shape index (κ1) is 33.5. The highest BCUT2D eigenvalue weighted by molar-refractivity contribution is 6.04. The number of halogens is 1. The van der Waals surface area contributed by atoms with E-state index in [1.807, 2.05) is 78.9 Å². The van der Waals surface area contributed by atoms with Crippen molar-refractivity contribution in [1.29, 1.82) is 0 Å². The number of aliphatic hydroxyl groups is 1. The molecule has 1 amide bonds. The van der Waals surface area contributed by atoms with Crippen molar-refractivity contribution >= 4 is 11.7 Å². The fourth-order valence-electron chi connectivity index (χ4n) is 5.99. The van der Waals surface area contributed by atoms with E-state index in [-0.39, 0.29) is 12.4 Å². The number of aliphatic hydroxyl groups excluding tert-OH is 1. The van der Waals surface area contributed by atoms with Gasteiger partial charge >= 0.3 is 5.69 Å². The summed E-state index contributed by atoms with van der Waals surface area (Å²) in [5.74, 6) is 0.892. The minimum Gasteiger partial charge on any atom is -0.497 e. The summed E-state index contributed by atoms with van der Waals surface area (Å²) in [7, 11) is 3.16. The summed E-state index contributed by atoms with van der Waals surface area (Å²) in [6.45, 7) is 1.37. The second kappa shape index (κ2) is 14.4. The Morgan fingerprint density at radius 2 is 1.41 bits per heavy atom. The Balaban J connectivity index is 1.31. The Bertz CT molecular complexity index is 1890. The number of ether oxygens (including phenoxy) is 4. The summed E-state index contributed by atoms with van der Waals surface area (Å²) in [5, 5.41) is 13.7. The third kappa shape index (κ3) is 6.68. The van der Waals surface area contributed by atoms with Crippen molar-refractivity contribution in [1.82, 2.24) is 9.55 Å². The summed E-state index contributed by atoms with van der Waals surface area (Å²) in [6.07, 6.45) is -4.91. The fraction of sp³-hybridized carbons (Fsp3) is 0.237. The van der Waals surface area contributed by atoms with Gasteiger partial charge < -0.3 is 29.4 Å². The zero-order valence-corrected chi connectivity index (χ0v) is 27.2. The Morgan fingerprint density at radius 3 is 1.96 bits per heavy atom. The van der Waals surface area contributed by atoms with Crippen LogP contribution in [0.25, 0.3) is 0 Å². The zero-order chi connectivity index (χ0) is 34.5. The Hall–Kier alpha value is -5.36. The first-order valence-electron chi connectivity index (χ1n) is 15.7. The van der Waals surface area contributed by atoms with E-state index in [2.05, 4.69) is 10.3 Å². The second-order valence-electron chi connectivity index (χ2n) is 11.6. The summed E-state index contributed by atoms with van der Waals surface area (Å²) in [5.41, 5.74) is 0.958. The number of carbonyl (C=O) groups excluding carboxylic acids is 1. The molecule has 11 heteroatoms. The molecule has 6 rings (SSSR count). The van der Waals surface area contributed by atoms with Crippen LogP contribution in [0, 0.1) is 6.92 Å². The van der Waals surface area contributed by atoms with E-state index in [1.54, 1.807) is 51.5 Å². The average molecular weight is 666 g/mol. The molecule has 1 aromatic heterocycles. The molecule has 4 aromatic carbocycles. The number of rotatable bonds is 11. The summed E-state index contributed by atoms with van der Waals surface area (Å²) >= 11 is 0. The lowest BCUT2D eigenvalue weighted by atomic mass is 9.80. The van der Waals surface area contributed by atoms with Gasteiger partial charge in [0.05, 0.1) is 20.8 Å². The lowest BCUT2D eigenvalue weighted by Crippen LogP contribution is -2.39. The van der Waals surface area contributed by atoms with Crippen LogP contribution in [0.15, 0.2) is 120 Å². The van der Waals surface area contributed by atoms with Gasteiger partial charge in [0.15, 0.2) is 12.4 Å². The molecule has 252 valence electrons. The zero-order valence-electron chi connectivity index (χ0n) is 27.2. The maximum atomic E-state index is 15.8. The number of methoxy groups -OCH3 is 2. The van der Waals surface area contributed by atoms with Gasteiger partial charge in [0, 0.05) is 17.3 Å². The molecule has 4 atom stereocenters. The first-order chi connectivity index (χ1) is 23.7. The van der Waals surface area contributed by atoms with E-state index >= 15 is 4.39 Å². The maximum Gasteiger partial charge on any atom is 0.351 e. The van der Waals surface area contributed by atoms with E-state index in [1.165, 1.54) is 6.20 Å². The lowest BCUT2D eigenvalue weighted by molar-refractivity contribution is -0.0950. The van der Waals surface area contributed by atoms with Gasteiger partial charge in [0.25, 0.3) is 5.91 Å². The smallest absolute Gasteiger partial charge is 0.351 e. The predicted octanol–water partition coefficient (Wildman–Crippen LogP) is 5.43. The average Bonchev–Trinajstić information content (AvgIpc) is 3.43. The molecule has 1 fully saturated rings. The lowest BCUT2D eigenvalue weighted by Gasteiger charge is -2.37. The predicted molar refractivity (Wildman–Crippen MR) is 181 cm³/mol. The number of carbonyl (C=O) groups is 1. The third-order valence-electron chi connectivity index (χ3n) is 8.61. The molecule has 0 unspecified atom stereocenters. The van der Waals surface area contributed by atoms with Crippen molar-refractivity contribution in [3.05, 3.63) is 154 Å². The molecular weight excluding hydrogens is 629 g/mol. The van der Waals surface area contributed by atoms with E-state index < -0.39 is 41.8 Å². The quantitative estimate of drug-likeness (QED) is 0.179. The highest BCUT2D eigenvalue weighted by Crippen LogP contribution is 2.43. The van der Waals surface area contributed by atoms with Crippen molar-refractivity contribution in [2.45, 2.75) is 37.1 Å². The van der Waals surface area contributed by atoms with Crippen molar-refractivity contribution in [3.63, 3.8) is 0 Å². The van der Waals surface area contributed by atoms with Gasteiger partial charge in [-0.05, 0) is 60.0 Å². The number of benzene rings is 4. The SMILES string of the molecule is COc1ccc(C(OC[C@H]2O[C@@H](n3cc(C)c(NC(=O)c4ccccc4)nc3=O)[C@@H](F)[C@@H]2O)(c2ccccc2)c2ccc(OC)cc2)cc1. The molecule has 1 saturated heterocycles. The number of anilines is 1. The van der Waals surface area contributed by atoms with Crippen molar-refractivity contribution in [2.24, 2.45) is 0 Å². The Labute approximate surface area is 282 Å². The largest absolute Gasteiger partial charge is 0.497 e. The molecule has 0 radical (unpaired) electrons. The highest BCUT2D eigenvalue weighted by atomic mass is 19.1. The van der Waals surface area contributed by atoms with Crippen LogP contribution < -0.4 is 20.5 Å². The molecule has 1 aliphatic heterocycles. The van der Waals surface area contributed by atoms with Crippen LogP contribution in [0.1, 0.15) is 38.8 Å². The molecule has 0 aliphatic carbocycles. The molecule has 49 heavy (non-hydrogen) atoms. The molecule has 5 aromatic rings. The molecule has 1 aliphatic rings. The third-order valence-corrected chi connectivity index (χ3v) is 8.61. The van der Waals surface area contributed by atoms with Crippen molar-refractivity contribution in [3.8, 4) is 11.5 Å². The number of aromatic nitrogens is 2. The van der Waals surface area contributed by atoms with Gasteiger partial charge in [-0.1, -0.05) is 72.8 Å². The van der Waals surface area contributed by atoms with Crippen LogP contribution in [0.4, 0.5) is 10.2 Å². The van der Waals surface area contributed by atoms with E-state index in [9.17, 15) is 14.7 Å². The fourth-order valence-corrected chi connectivity index (χ4v) is 5.99. The van der Waals surface area contributed by atoms with Crippen LogP contribution in [-0.4, -0.2) is 59.8 Å². The van der Waals surface area contributed by atoms with Gasteiger partial charge in [-0.15, -0.1) is 0 Å². The molecule has 10 nitrogen and oxygen atoms in total. The van der Waals surface area contributed by atoms with Gasteiger partial charge in [0.2, 0.25) is 0 Å². The number of nitrogens with zero attached hydrogens (tertiary/aromatic N) is 2. The molecular formula is C38H36FN3O7. The number of hydrogen-bond acceptors (Lipinski definition) is 8. The number of nitrogens with one attached hydrogen (secondary N) is 1. The Morgan fingerprint density at radius 1 is 0.878 bits per heavy atom. The maximum absolute atomic E-state index is 15.8. The molecule has 0 bridgehead atoms. The minimum absolute atomic E-state index is 0.0376. The molecule has 2 N–H and O–H groups in total. The van der Waals surface area contributed by atoms with Crippen LogP contribution in [-0.2, 0) is 15.1 Å². The van der Waals surface area contributed by atoms with E-state index in [0.717, 1.165) is 21.3 Å². The van der Waals surface area contributed by atoms with Gasteiger partial charge in [-0.2, -0.15) is 4.98 Å². The Kier molecular flexibility index (Phi) is 9.86. The van der Waals surface area contributed by atoms with Gasteiger partial charge in [0.1, 0.15) is 35.1 Å². The number of hydrogen-bond donors (Lipinski definition) is 2. The summed E-state index contributed by atoms with van der Waals surface area (Å²) in [6, 6.07) is 32.8. The summed E-state index contributed by atoms with van der Waals surface area (Å²) in [4.78, 5) is 29.8. The first-order valence-corrected chi connectivity index (χ1v) is 15.7. The molecule has 2 heterocycles. The minimum atomic E-state index is -1.98. The van der Waals surface area contributed by atoms with E-state index in [4.69, 9.17) is 18.9 Å². The number of amides is 1. The normalized spacial score (nSPS) is 19.0. The summed E-state index contributed by atoms with van der Waals surface area (Å²) < 4.78 is 40.4. The number of alkyl halides is 1. The standard InChI is InChI=1S/C38H36FN3O7/c1-24-22-42(37(45)41-34(24)40-35(44)25-10-6-4-7-11-25)36-32(39)33(43)31(49-36)23-48-38(26-12-8-5-9-13-26,27-14-18-29(46-2)19-15-27)28-16-20-30(47-3)21-17-28/h4-22,31-33,36,43H,23H2,1-3H3,(H,40,41,44,45)/t31-,32+,33-,36-/m1/s1. The molecule has 0 saturated carbocycles. The monoisotopic (exact) mass is 665 g/mol. The highest BCUT2D eigenvalue weighted by Gasteiger charge is 2.48. The van der Waals surface area contributed by atoms with Crippen molar-refractivity contribution in [2.75, 3.05) is 26.1 Å². The van der Waals surface area contributed by atoms with Gasteiger partial charge in [-0.3, -0.25) is 9.36 Å². The molecule has 0 spiro atoms. The van der Waals surface area contributed by atoms with Crippen molar-refractivity contribution < 1.29 is 33.2 Å². The second-order valence-corrected chi connectivity index (χ2v) is 11.6. The van der Waals surface area contributed by atoms with Crippen LogP contribution in [0.2, 0.25) is 0 Å². The van der Waals surface area contributed by atoms with Gasteiger partial charge in [-0.25, -0.2) is 9.18 Å². The van der Waals surface area contributed by atoms with Crippen LogP contribution >= 0.6 is 0 Å². The van der Waals surface area contributed by atoms with E-state index in [0.29, 0.717) is 22.6 Å².